The molecule has 0 saturated heterocycles. The molecule has 0 heterocycles. The molecule has 0 radical (unpaired) electrons. The third-order valence-electron chi connectivity index (χ3n) is 7.27. The van der Waals surface area contributed by atoms with Crippen molar-refractivity contribution < 1.29 is 5.11 Å². The average Bonchev–Trinajstić information content (AvgIpc) is 2.88. The van der Waals surface area contributed by atoms with Gasteiger partial charge in [0.15, 0.2) is 0 Å². The minimum atomic E-state index is -0.383. The van der Waals surface area contributed by atoms with Gasteiger partial charge in [0.05, 0.1) is 6.10 Å². The average molecular weight is 462 g/mol. The van der Waals surface area contributed by atoms with Crippen molar-refractivity contribution in [2.45, 2.75) is 97.0 Å². The molecular formula is C32H47NO. The molecule has 0 aromatic heterocycles. The first-order chi connectivity index (χ1) is 16.7. The first-order valence-corrected chi connectivity index (χ1v) is 14.1. The van der Waals surface area contributed by atoms with Crippen LogP contribution in [0, 0.1) is 0 Å². The van der Waals surface area contributed by atoms with Crippen LogP contribution in [-0.2, 0) is 0 Å². The first kappa shape index (κ1) is 26.7. The normalized spacial score (nSPS) is 12.7. The van der Waals surface area contributed by atoms with Crippen molar-refractivity contribution in [3.8, 4) is 0 Å². The minimum absolute atomic E-state index is 0.383. The lowest BCUT2D eigenvalue weighted by Gasteiger charge is -2.21. The van der Waals surface area contributed by atoms with Crippen LogP contribution < -0.4 is 0 Å². The summed E-state index contributed by atoms with van der Waals surface area (Å²) in [5.41, 5.74) is 1.09. The molecule has 2 nitrogen and oxygen atoms in total. The van der Waals surface area contributed by atoms with Crippen molar-refractivity contribution in [3.63, 3.8) is 0 Å². The second-order valence-corrected chi connectivity index (χ2v) is 10.1. The van der Waals surface area contributed by atoms with Gasteiger partial charge >= 0.3 is 0 Å². The summed E-state index contributed by atoms with van der Waals surface area (Å²) in [4.78, 5) is 2.69. The number of nitrogens with zero attached hydrogens (tertiary/aromatic N) is 1. The Morgan fingerprint density at radius 1 is 0.618 bits per heavy atom. The van der Waals surface area contributed by atoms with E-state index in [-0.39, 0.29) is 6.10 Å². The van der Waals surface area contributed by atoms with E-state index in [9.17, 15) is 5.11 Å². The Labute approximate surface area is 208 Å². The molecule has 2 heteroatoms. The zero-order chi connectivity index (χ0) is 24.0. The van der Waals surface area contributed by atoms with Crippen LogP contribution in [0.5, 0.6) is 0 Å². The van der Waals surface area contributed by atoms with Gasteiger partial charge in [-0.05, 0) is 78.5 Å². The van der Waals surface area contributed by atoms with Gasteiger partial charge in [0, 0.05) is 0 Å². The Morgan fingerprint density at radius 3 is 1.82 bits per heavy atom. The lowest BCUT2D eigenvalue weighted by molar-refractivity contribution is 0.165. The molecule has 0 amide bonds. The fourth-order valence-corrected chi connectivity index (χ4v) is 5.17. The molecule has 0 aliphatic rings. The summed E-state index contributed by atoms with van der Waals surface area (Å²) in [6.45, 7) is 8.44. The maximum absolute atomic E-state index is 11.0. The largest absolute Gasteiger partial charge is 0.388 e. The molecule has 1 N–H and O–H groups in total. The Bertz CT molecular complexity index is 958. The minimum Gasteiger partial charge on any atom is -0.388 e. The number of fused-ring (bicyclic) bond motifs is 3. The second kappa shape index (κ2) is 15.2. The van der Waals surface area contributed by atoms with Crippen LogP contribution in [0.2, 0.25) is 0 Å². The lowest BCUT2D eigenvalue weighted by Crippen LogP contribution is -2.27. The number of hydrogen-bond donors (Lipinski definition) is 1. The van der Waals surface area contributed by atoms with Crippen molar-refractivity contribution in [1.82, 2.24) is 4.90 Å². The Kier molecular flexibility index (Phi) is 11.9. The number of benzene rings is 3. The van der Waals surface area contributed by atoms with E-state index in [1.807, 2.05) is 0 Å². The van der Waals surface area contributed by atoms with E-state index in [0.29, 0.717) is 0 Å². The summed E-state index contributed by atoms with van der Waals surface area (Å²) in [6, 6.07) is 19.2. The number of unbranched alkanes of at least 4 members (excludes halogenated alkanes) is 8. The van der Waals surface area contributed by atoms with E-state index >= 15 is 0 Å². The highest BCUT2D eigenvalue weighted by Crippen LogP contribution is 2.33. The molecule has 1 atom stereocenters. The monoisotopic (exact) mass is 461 g/mol. The smallest absolute Gasteiger partial charge is 0.0796 e. The van der Waals surface area contributed by atoms with E-state index in [2.05, 4.69) is 73.3 Å². The first-order valence-electron chi connectivity index (χ1n) is 14.1. The molecule has 0 aliphatic heterocycles. The highest BCUT2D eigenvalue weighted by molar-refractivity contribution is 6.09. The predicted octanol–water partition coefficient (Wildman–Crippen LogP) is 9.05. The third kappa shape index (κ3) is 8.10. The molecule has 0 saturated carbocycles. The van der Waals surface area contributed by atoms with Crippen LogP contribution in [-0.4, -0.2) is 29.6 Å². The summed E-state index contributed by atoms with van der Waals surface area (Å²) in [5.74, 6) is 0. The standard InChI is InChI=1S/C32H47NO/c1-3-5-23-33(24-6-4-2)25-17-11-9-7-8-10-12-22-32(34)31-26-27-18-13-14-19-28(27)29-20-15-16-21-30(29)31/h13-16,18-21,26,32,34H,3-12,17,22-25H2,1-2H3. The predicted molar refractivity (Wildman–Crippen MR) is 150 cm³/mol. The summed E-state index contributed by atoms with van der Waals surface area (Å²) in [7, 11) is 0. The fraction of sp³-hybridized carbons (Fsp3) is 0.562. The molecule has 0 spiro atoms. The third-order valence-corrected chi connectivity index (χ3v) is 7.27. The molecule has 0 fully saturated rings. The fourth-order valence-electron chi connectivity index (χ4n) is 5.17. The van der Waals surface area contributed by atoms with Crippen LogP contribution in [0.1, 0.15) is 103 Å². The van der Waals surface area contributed by atoms with Crippen molar-refractivity contribution >= 4 is 21.5 Å². The van der Waals surface area contributed by atoms with E-state index in [4.69, 9.17) is 0 Å². The Balaban J connectivity index is 1.36. The van der Waals surface area contributed by atoms with Gasteiger partial charge in [-0.15, -0.1) is 0 Å². The SMILES string of the molecule is CCCCN(CCCC)CCCCCCCCCC(O)c1cc2ccccc2c2ccccc12. The van der Waals surface area contributed by atoms with Crippen LogP contribution in [0.4, 0.5) is 0 Å². The molecule has 186 valence electrons. The number of rotatable bonds is 17. The molecule has 0 bridgehead atoms. The number of aliphatic hydroxyl groups is 1. The van der Waals surface area contributed by atoms with Gasteiger partial charge in [-0.2, -0.15) is 0 Å². The molecule has 0 aliphatic carbocycles. The van der Waals surface area contributed by atoms with Crippen LogP contribution in [0.25, 0.3) is 21.5 Å². The van der Waals surface area contributed by atoms with Crippen LogP contribution >= 0.6 is 0 Å². The van der Waals surface area contributed by atoms with Gasteiger partial charge in [0.25, 0.3) is 0 Å². The van der Waals surface area contributed by atoms with Crippen molar-refractivity contribution in [2.24, 2.45) is 0 Å². The van der Waals surface area contributed by atoms with E-state index < -0.39 is 0 Å². The second-order valence-electron chi connectivity index (χ2n) is 10.1. The van der Waals surface area contributed by atoms with Crippen molar-refractivity contribution in [1.29, 1.82) is 0 Å². The molecule has 34 heavy (non-hydrogen) atoms. The van der Waals surface area contributed by atoms with Gasteiger partial charge in [-0.1, -0.05) is 114 Å². The van der Waals surface area contributed by atoms with Crippen LogP contribution in [0.3, 0.4) is 0 Å². The Morgan fingerprint density at radius 2 is 1.15 bits per heavy atom. The van der Waals surface area contributed by atoms with E-state index in [1.165, 1.54) is 105 Å². The molecule has 3 aromatic rings. The molecule has 3 aromatic carbocycles. The van der Waals surface area contributed by atoms with Gasteiger partial charge in [-0.3, -0.25) is 0 Å². The van der Waals surface area contributed by atoms with Gasteiger partial charge < -0.3 is 10.0 Å². The zero-order valence-corrected chi connectivity index (χ0v) is 21.8. The maximum atomic E-state index is 11.0. The van der Waals surface area contributed by atoms with Gasteiger partial charge in [0.1, 0.15) is 0 Å². The van der Waals surface area contributed by atoms with Gasteiger partial charge in [0.2, 0.25) is 0 Å². The molecular weight excluding hydrogens is 414 g/mol. The van der Waals surface area contributed by atoms with Crippen LogP contribution in [0.15, 0.2) is 54.6 Å². The topological polar surface area (TPSA) is 23.5 Å². The van der Waals surface area contributed by atoms with Crippen molar-refractivity contribution in [3.05, 3.63) is 60.2 Å². The molecule has 3 rings (SSSR count). The summed E-state index contributed by atoms with van der Waals surface area (Å²) < 4.78 is 0. The lowest BCUT2D eigenvalue weighted by atomic mass is 9.92. The summed E-state index contributed by atoms with van der Waals surface area (Å²) in [6.07, 6.45) is 14.8. The summed E-state index contributed by atoms with van der Waals surface area (Å²) >= 11 is 0. The van der Waals surface area contributed by atoms with E-state index in [0.717, 1.165) is 18.4 Å². The van der Waals surface area contributed by atoms with E-state index in [1.54, 1.807) is 0 Å². The maximum Gasteiger partial charge on any atom is 0.0796 e. The number of hydrogen-bond acceptors (Lipinski definition) is 2. The van der Waals surface area contributed by atoms with Gasteiger partial charge in [-0.25, -0.2) is 0 Å². The Hall–Kier alpha value is -1.90. The quantitative estimate of drug-likeness (QED) is 0.160. The zero-order valence-electron chi connectivity index (χ0n) is 21.8. The highest BCUT2D eigenvalue weighted by atomic mass is 16.3. The number of aliphatic hydroxyl groups excluding tert-OH is 1. The highest BCUT2D eigenvalue weighted by Gasteiger charge is 2.13. The molecule has 1 unspecified atom stereocenters. The summed E-state index contributed by atoms with van der Waals surface area (Å²) in [5, 5.41) is 16.0. The van der Waals surface area contributed by atoms with Crippen molar-refractivity contribution in [2.75, 3.05) is 19.6 Å².